The molecule has 0 aliphatic heterocycles. The predicted octanol–water partition coefficient (Wildman–Crippen LogP) is 2.75. The first-order chi connectivity index (χ1) is 14.8. The van der Waals surface area contributed by atoms with Crippen molar-refractivity contribution in [3.63, 3.8) is 0 Å². The van der Waals surface area contributed by atoms with Crippen LogP contribution in [-0.2, 0) is 11.2 Å². The molecule has 1 aromatic heterocycles. The number of phenols is 1. The molecule has 0 unspecified atom stereocenters. The van der Waals surface area contributed by atoms with Crippen molar-refractivity contribution in [1.82, 2.24) is 15.6 Å². The second kappa shape index (κ2) is 9.73. The number of aromatic hydroxyl groups is 1. The molecule has 13 heteroatoms. The lowest BCUT2D eigenvalue weighted by Crippen LogP contribution is -2.19. The highest BCUT2D eigenvalue weighted by Gasteiger charge is 2.17. The van der Waals surface area contributed by atoms with E-state index in [1.807, 2.05) is 0 Å². The molecule has 0 aliphatic carbocycles. The largest absolute Gasteiger partial charge is 0.507 e. The summed E-state index contributed by atoms with van der Waals surface area (Å²) in [5.41, 5.74) is 2.53. The number of nitro groups is 1. The fourth-order valence-electron chi connectivity index (χ4n) is 2.29. The van der Waals surface area contributed by atoms with E-state index in [0.717, 1.165) is 17.4 Å². The summed E-state index contributed by atoms with van der Waals surface area (Å²) >= 11 is 6.79. The first-order valence-electron chi connectivity index (χ1n) is 8.51. The molecule has 0 spiro atoms. The Bertz CT molecular complexity index is 1180. The zero-order valence-electron chi connectivity index (χ0n) is 15.5. The van der Waals surface area contributed by atoms with E-state index >= 15 is 0 Å². The van der Waals surface area contributed by atoms with Crippen molar-refractivity contribution < 1.29 is 19.6 Å². The van der Waals surface area contributed by atoms with Gasteiger partial charge in [-0.1, -0.05) is 35.1 Å². The van der Waals surface area contributed by atoms with Gasteiger partial charge >= 0.3 is 0 Å². The molecule has 0 aliphatic rings. The number of carbonyl (C=O) groups excluding carboxylic acids is 2. The zero-order chi connectivity index (χ0) is 22.4. The van der Waals surface area contributed by atoms with Crippen LogP contribution in [0.3, 0.4) is 0 Å². The lowest BCUT2D eigenvalue weighted by molar-refractivity contribution is -0.384. The minimum absolute atomic E-state index is 0.0271. The second-order valence-corrected chi connectivity index (χ2v) is 7.38. The monoisotopic (exact) mass is 460 g/mol. The molecule has 0 fully saturated rings. The number of amides is 2. The smallest absolute Gasteiger partial charge is 0.287 e. The number of para-hydroxylation sites is 1. The highest BCUT2D eigenvalue weighted by Crippen LogP contribution is 2.25. The summed E-state index contributed by atoms with van der Waals surface area (Å²) in [6.07, 6.45) is 1.17. The molecule has 158 valence electrons. The Morgan fingerprint density at radius 3 is 2.74 bits per heavy atom. The number of aromatic nitrogens is 2. The minimum atomic E-state index is -0.654. The first kappa shape index (κ1) is 21.8. The number of rotatable bonds is 7. The van der Waals surface area contributed by atoms with E-state index in [4.69, 9.17) is 11.6 Å². The number of halogens is 1. The number of carbonyl (C=O) groups is 2. The van der Waals surface area contributed by atoms with Crippen molar-refractivity contribution in [2.45, 2.75) is 6.42 Å². The molecule has 31 heavy (non-hydrogen) atoms. The van der Waals surface area contributed by atoms with Gasteiger partial charge in [-0.15, -0.1) is 10.2 Å². The Hall–Kier alpha value is -3.90. The Labute approximate surface area is 183 Å². The summed E-state index contributed by atoms with van der Waals surface area (Å²) < 4.78 is 0. The van der Waals surface area contributed by atoms with Gasteiger partial charge in [0.2, 0.25) is 11.0 Å². The van der Waals surface area contributed by atoms with E-state index in [-0.39, 0.29) is 33.6 Å². The van der Waals surface area contributed by atoms with E-state index in [9.17, 15) is 24.8 Å². The van der Waals surface area contributed by atoms with Gasteiger partial charge in [-0.05, 0) is 24.3 Å². The number of nitrogens with zero attached hydrogens (tertiary/aromatic N) is 4. The van der Waals surface area contributed by atoms with Gasteiger partial charge in [0.15, 0.2) is 0 Å². The standard InChI is InChI=1S/C18H13ClN6O5S/c19-12-7-10(5-6-13(12)25(29)30)17(28)21-18-24-23-16(31-18)8-15(27)22-20-9-11-3-1-2-4-14(11)26/h1-7,9,26H,8H2,(H,22,27)(H,21,24,28)/b20-9-. The summed E-state index contributed by atoms with van der Waals surface area (Å²) in [6, 6.07) is 10.1. The van der Waals surface area contributed by atoms with Crippen LogP contribution in [0.5, 0.6) is 5.75 Å². The van der Waals surface area contributed by atoms with E-state index < -0.39 is 16.7 Å². The van der Waals surface area contributed by atoms with E-state index in [1.54, 1.807) is 18.2 Å². The maximum absolute atomic E-state index is 12.3. The van der Waals surface area contributed by atoms with Gasteiger partial charge in [0.1, 0.15) is 15.8 Å². The Balaban J connectivity index is 1.55. The molecule has 0 radical (unpaired) electrons. The van der Waals surface area contributed by atoms with Gasteiger partial charge in [0.05, 0.1) is 17.6 Å². The van der Waals surface area contributed by atoms with E-state index in [0.29, 0.717) is 10.6 Å². The van der Waals surface area contributed by atoms with Crippen molar-refractivity contribution in [3.8, 4) is 5.75 Å². The fraction of sp³-hybridized carbons (Fsp3) is 0.0556. The summed E-state index contributed by atoms with van der Waals surface area (Å²) in [4.78, 5) is 34.4. The number of nitrogens with one attached hydrogen (secondary N) is 2. The zero-order valence-corrected chi connectivity index (χ0v) is 17.1. The van der Waals surface area contributed by atoms with Crippen LogP contribution >= 0.6 is 22.9 Å². The Kier molecular flexibility index (Phi) is 6.85. The molecule has 3 N–H and O–H groups in total. The molecule has 3 aromatic rings. The van der Waals surface area contributed by atoms with Gasteiger partial charge in [-0.3, -0.25) is 25.0 Å². The Morgan fingerprint density at radius 1 is 1.26 bits per heavy atom. The average Bonchev–Trinajstić information content (AvgIpc) is 3.15. The molecule has 1 heterocycles. The van der Waals surface area contributed by atoms with Crippen molar-refractivity contribution in [3.05, 3.63) is 73.7 Å². The fourth-order valence-corrected chi connectivity index (χ4v) is 3.27. The summed E-state index contributed by atoms with van der Waals surface area (Å²) in [7, 11) is 0. The van der Waals surface area contributed by atoms with E-state index in [2.05, 4.69) is 26.0 Å². The van der Waals surface area contributed by atoms with Crippen LogP contribution in [0, 0.1) is 10.1 Å². The maximum atomic E-state index is 12.3. The van der Waals surface area contributed by atoms with Crippen molar-refractivity contribution in [2.24, 2.45) is 5.10 Å². The molecule has 0 bridgehead atoms. The minimum Gasteiger partial charge on any atom is -0.507 e. The van der Waals surface area contributed by atoms with Gasteiger partial charge < -0.3 is 5.11 Å². The molecular weight excluding hydrogens is 448 g/mol. The van der Waals surface area contributed by atoms with Crippen LogP contribution in [0.15, 0.2) is 47.6 Å². The number of benzene rings is 2. The molecular formula is C18H13ClN6O5S. The number of hydrogen-bond donors (Lipinski definition) is 3. The summed E-state index contributed by atoms with van der Waals surface area (Å²) in [5.74, 6) is -1.03. The molecule has 11 nitrogen and oxygen atoms in total. The van der Waals surface area contributed by atoms with Crippen LogP contribution in [0.2, 0.25) is 5.02 Å². The first-order valence-corrected chi connectivity index (χ1v) is 9.70. The van der Waals surface area contributed by atoms with Crippen molar-refractivity contribution in [2.75, 3.05) is 5.32 Å². The summed E-state index contributed by atoms with van der Waals surface area (Å²) in [6.45, 7) is 0. The third kappa shape index (κ3) is 5.81. The summed E-state index contributed by atoms with van der Waals surface area (Å²) in [5, 5.41) is 34.6. The van der Waals surface area contributed by atoms with Crippen LogP contribution in [0.25, 0.3) is 0 Å². The molecule has 0 saturated heterocycles. The van der Waals surface area contributed by atoms with Crippen molar-refractivity contribution in [1.29, 1.82) is 0 Å². The lowest BCUT2D eigenvalue weighted by Gasteiger charge is -2.02. The van der Waals surface area contributed by atoms with Gasteiger partial charge in [-0.25, -0.2) is 5.43 Å². The van der Waals surface area contributed by atoms with E-state index in [1.165, 1.54) is 24.4 Å². The SMILES string of the molecule is O=C(Cc1nnc(NC(=O)c2ccc([N+](=O)[O-])c(Cl)c2)s1)N/N=C\c1ccccc1O. The number of hydrazone groups is 1. The lowest BCUT2D eigenvalue weighted by atomic mass is 10.2. The number of hydrogen-bond acceptors (Lipinski definition) is 9. The van der Waals surface area contributed by atoms with Crippen LogP contribution in [-0.4, -0.2) is 38.3 Å². The van der Waals surface area contributed by atoms with Crippen molar-refractivity contribution >= 4 is 51.8 Å². The molecule has 2 aromatic carbocycles. The van der Waals surface area contributed by atoms with Crippen LogP contribution in [0.4, 0.5) is 10.8 Å². The quantitative estimate of drug-likeness (QED) is 0.277. The highest BCUT2D eigenvalue weighted by atomic mass is 35.5. The van der Waals surface area contributed by atoms with Crippen LogP contribution < -0.4 is 10.7 Å². The van der Waals surface area contributed by atoms with Crippen LogP contribution in [0.1, 0.15) is 20.9 Å². The maximum Gasteiger partial charge on any atom is 0.287 e. The van der Waals surface area contributed by atoms with Gasteiger partial charge in [0.25, 0.3) is 11.6 Å². The predicted molar refractivity (Wildman–Crippen MR) is 114 cm³/mol. The average molecular weight is 461 g/mol. The molecule has 0 saturated carbocycles. The normalized spacial score (nSPS) is 10.7. The number of anilines is 1. The number of nitro benzene ring substituents is 1. The Morgan fingerprint density at radius 2 is 2.03 bits per heavy atom. The van der Waals surface area contributed by atoms with Gasteiger partial charge in [-0.2, -0.15) is 5.10 Å². The molecule has 2 amide bonds. The topological polar surface area (TPSA) is 160 Å². The second-order valence-electron chi connectivity index (χ2n) is 5.91. The third-order valence-corrected chi connectivity index (χ3v) is 4.88. The highest BCUT2D eigenvalue weighted by molar-refractivity contribution is 7.15. The molecule has 3 rings (SSSR count). The van der Waals surface area contributed by atoms with Gasteiger partial charge in [0, 0.05) is 17.2 Å². The number of phenolic OH excluding ortho intramolecular Hbond substituents is 1. The molecule has 0 atom stereocenters. The third-order valence-electron chi connectivity index (χ3n) is 3.74.